The van der Waals surface area contributed by atoms with E-state index in [0.29, 0.717) is 22.9 Å². The fraction of sp³-hybridized carbons (Fsp3) is 0.111. The zero-order chi connectivity index (χ0) is 18.0. The van der Waals surface area contributed by atoms with E-state index in [1.807, 2.05) is 0 Å². The molecule has 3 rings (SSSR count). The number of nitrogens with one attached hydrogen (secondary N) is 2. The lowest BCUT2D eigenvalue weighted by molar-refractivity contribution is 0.356. The van der Waals surface area contributed by atoms with Crippen LogP contribution in [0, 0.1) is 0 Å². The second-order valence-electron chi connectivity index (χ2n) is 5.22. The molecule has 0 fully saturated rings. The molecule has 7 nitrogen and oxygen atoms in total. The highest BCUT2D eigenvalue weighted by Gasteiger charge is 2.23. The Morgan fingerprint density at radius 3 is 2.00 bits per heavy atom. The Balaban J connectivity index is 1.96. The van der Waals surface area contributed by atoms with Gasteiger partial charge >= 0.3 is 0 Å². The van der Waals surface area contributed by atoms with Crippen LogP contribution in [0.4, 0.5) is 22.7 Å². The number of anilines is 4. The molecule has 3 N–H and O–H groups in total. The van der Waals surface area contributed by atoms with Crippen molar-refractivity contribution in [2.45, 2.75) is 0 Å². The first-order chi connectivity index (χ1) is 12.1. The highest BCUT2D eigenvalue weighted by atomic mass is 16.5. The number of benzene rings is 2. The summed E-state index contributed by atoms with van der Waals surface area (Å²) in [6.45, 7) is 0. The molecule has 0 saturated carbocycles. The van der Waals surface area contributed by atoms with Crippen LogP contribution in [0.1, 0.15) is 0 Å². The van der Waals surface area contributed by atoms with Gasteiger partial charge in [-0.2, -0.15) is 0 Å². The lowest BCUT2D eigenvalue weighted by atomic mass is 10.1. The van der Waals surface area contributed by atoms with E-state index >= 15 is 0 Å². The maximum Gasteiger partial charge on any atom is 0.253 e. The van der Waals surface area contributed by atoms with Crippen LogP contribution in [0.15, 0.2) is 52.1 Å². The standard InChI is InChI=1S/C18H16N2O5/c1-24-13-9-5-7-11(18(13)25-2)20-15-14(16(22)17(15)23)19-10-6-3-4-8-12(10)21/h3-9,19-21H,1-2H3. The summed E-state index contributed by atoms with van der Waals surface area (Å²) in [5.74, 6) is 0.869. The second-order valence-corrected chi connectivity index (χ2v) is 5.22. The normalized spacial score (nSPS) is 10.5. The summed E-state index contributed by atoms with van der Waals surface area (Å²) in [6, 6.07) is 11.6. The molecule has 0 heterocycles. The van der Waals surface area contributed by atoms with Gasteiger partial charge in [-0.1, -0.05) is 18.2 Å². The molecule has 0 aromatic heterocycles. The molecular formula is C18H16N2O5. The van der Waals surface area contributed by atoms with Gasteiger partial charge in [0.15, 0.2) is 11.5 Å². The van der Waals surface area contributed by atoms with E-state index < -0.39 is 10.9 Å². The van der Waals surface area contributed by atoms with E-state index in [4.69, 9.17) is 9.47 Å². The van der Waals surface area contributed by atoms with Crippen LogP contribution < -0.4 is 31.0 Å². The Bertz CT molecular complexity index is 990. The highest BCUT2D eigenvalue weighted by Crippen LogP contribution is 2.37. The molecule has 0 aliphatic heterocycles. The lowest BCUT2D eigenvalue weighted by Crippen LogP contribution is -2.35. The van der Waals surface area contributed by atoms with Crippen LogP contribution in [-0.2, 0) is 0 Å². The van der Waals surface area contributed by atoms with Crippen molar-refractivity contribution >= 4 is 22.7 Å². The third kappa shape index (κ3) is 2.87. The zero-order valence-corrected chi connectivity index (χ0v) is 13.6. The first-order valence-electron chi connectivity index (χ1n) is 7.43. The average Bonchev–Trinajstić information content (AvgIpc) is 2.65. The number of ether oxygens (including phenoxy) is 2. The molecule has 0 amide bonds. The number of hydrogen-bond acceptors (Lipinski definition) is 7. The zero-order valence-electron chi connectivity index (χ0n) is 13.6. The van der Waals surface area contributed by atoms with Crippen LogP contribution in [0.5, 0.6) is 17.2 Å². The Morgan fingerprint density at radius 2 is 1.40 bits per heavy atom. The SMILES string of the molecule is COc1cccc(Nc2c(Nc3ccccc3O)c(=O)c2=O)c1OC. The third-order valence-electron chi connectivity index (χ3n) is 3.74. The Kier molecular flexibility index (Phi) is 4.30. The van der Waals surface area contributed by atoms with Gasteiger partial charge in [-0.15, -0.1) is 0 Å². The summed E-state index contributed by atoms with van der Waals surface area (Å²) in [5, 5.41) is 15.5. The molecule has 0 aliphatic rings. The topological polar surface area (TPSA) is 96.9 Å². The molecule has 0 atom stereocenters. The van der Waals surface area contributed by atoms with Crippen LogP contribution in [-0.4, -0.2) is 19.3 Å². The minimum absolute atomic E-state index is 0.0274. The van der Waals surface area contributed by atoms with E-state index in [1.54, 1.807) is 36.4 Å². The maximum absolute atomic E-state index is 12.0. The molecule has 25 heavy (non-hydrogen) atoms. The van der Waals surface area contributed by atoms with Crippen molar-refractivity contribution in [1.82, 2.24) is 0 Å². The fourth-order valence-corrected chi connectivity index (χ4v) is 2.46. The van der Waals surface area contributed by atoms with Crippen molar-refractivity contribution in [3.63, 3.8) is 0 Å². The number of rotatable bonds is 6. The first-order valence-corrected chi connectivity index (χ1v) is 7.43. The van der Waals surface area contributed by atoms with Crippen molar-refractivity contribution in [3.8, 4) is 17.2 Å². The summed E-state index contributed by atoms with van der Waals surface area (Å²) in [4.78, 5) is 23.9. The average molecular weight is 340 g/mol. The Labute approximate surface area is 143 Å². The fourth-order valence-electron chi connectivity index (χ4n) is 2.46. The highest BCUT2D eigenvalue weighted by molar-refractivity contribution is 5.85. The van der Waals surface area contributed by atoms with E-state index in [-0.39, 0.29) is 17.1 Å². The Morgan fingerprint density at radius 1 is 0.800 bits per heavy atom. The van der Waals surface area contributed by atoms with Crippen molar-refractivity contribution in [2.75, 3.05) is 24.9 Å². The smallest absolute Gasteiger partial charge is 0.253 e. The number of phenols is 1. The minimum Gasteiger partial charge on any atom is -0.506 e. The summed E-state index contributed by atoms with van der Waals surface area (Å²) >= 11 is 0. The predicted octanol–water partition coefficient (Wildman–Crippen LogP) is 2.49. The van der Waals surface area contributed by atoms with Gasteiger partial charge in [-0.05, 0) is 24.3 Å². The number of hydrogen-bond donors (Lipinski definition) is 3. The molecular weight excluding hydrogens is 324 g/mol. The molecule has 7 heteroatoms. The molecule has 0 unspecified atom stereocenters. The van der Waals surface area contributed by atoms with Gasteiger partial charge in [0.2, 0.25) is 0 Å². The predicted molar refractivity (Wildman–Crippen MR) is 95.6 cm³/mol. The number of phenolic OH excluding ortho intramolecular Hbond substituents is 1. The van der Waals surface area contributed by atoms with Gasteiger partial charge in [0.05, 0.1) is 25.6 Å². The van der Waals surface area contributed by atoms with Crippen LogP contribution >= 0.6 is 0 Å². The number of methoxy groups -OCH3 is 2. The van der Waals surface area contributed by atoms with E-state index in [0.717, 1.165) is 0 Å². The van der Waals surface area contributed by atoms with Gasteiger partial charge in [0, 0.05) is 0 Å². The van der Waals surface area contributed by atoms with Crippen LogP contribution in [0.2, 0.25) is 0 Å². The van der Waals surface area contributed by atoms with Crippen LogP contribution in [0.3, 0.4) is 0 Å². The Hall–Kier alpha value is -3.48. The summed E-state index contributed by atoms with van der Waals surface area (Å²) in [7, 11) is 2.98. The van der Waals surface area contributed by atoms with Gasteiger partial charge in [-0.25, -0.2) is 0 Å². The molecule has 0 bridgehead atoms. The van der Waals surface area contributed by atoms with E-state index in [2.05, 4.69) is 10.6 Å². The van der Waals surface area contributed by atoms with Crippen molar-refractivity contribution < 1.29 is 14.6 Å². The molecule has 3 aromatic carbocycles. The molecule has 0 aliphatic carbocycles. The second kappa shape index (κ2) is 6.56. The lowest BCUT2D eigenvalue weighted by Gasteiger charge is -2.18. The third-order valence-corrected chi connectivity index (χ3v) is 3.74. The van der Waals surface area contributed by atoms with Crippen LogP contribution in [0.25, 0.3) is 0 Å². The van der Waals surface area contributed by atoms with E-state index in [1.165, 1.54) is 20.3 Å². The summed E-state index contributed by atoms with van der Waals surface area (Å²) in [5.41, 5.74) is -0.323. The maximum atomic E-state index is 12.0. The first kappa shape index (κ1) is 16.4. The number of aromatic hydroxyl groups is 1. The van der Waals surface area contributed by atoms with Crippen molar-refractivity contribution in [1.29, 1.82) is 0 Å². The van der Waals surface area contributed by atoms with Gasteiger partial charge in [-0.3, -0.25) is 9.59 Å². The molecule has 0 radical (unpaired) electrons. The van der Waals surface area contributed by atoms with Crippen molar-refractivity contribution in [3.05, 3.63) is 62.9 Å². The van der Waals surface area contributed by atoms with Gasteiger partial charge < -0.3 is 25.2 Å². The quantitative estimate of drug-likeness (QED) is 0.468. The van der Waals surface area contributed by atoms with Gasteiger partial charge in [0.1, 0.15) is 17.1 Å². The molecule has 0 spiro atoms. The molecule has 128 valence electrons. The number of para-hydroxylation sites is 3. The molecule has 0 saturated heterocycles. The summed E-state index contributed by atoms with van der Waals surface area (Å²) in [6.07, 6.45) is 0. The van der Waals surface area contributed by atoms with Crippen molar-refractivity contribution in [2.24, 2.45) is 0 Å². The minimum atomic E-state index is -0.660. The van der Waals surface area contributed by atoms with E-state index in [9.17, 15) is 14.7 Å². The molecule has 3 aromatic rings. The van der Waals surface area contributed by atoms with Gasteiger partial charge in [0.25, 0.3) is 10.9 Å². The monoisotopic (exact) mass is 340 g/mol. The summed E-state index contributed by atoms with van der Waals surface area (Å²) < 4.78 is 10.5. The largest absolute Gasteiger partial charge is 0.506 e.